The average molecular weight is 340 g/mol. The lowest BCUT2D eigenvalue weighted by molar-refractivity contribution is -0.447. The van der Waals surface area contributed by atoms with Gasteiger partial charge in [-0.2, -0.15) is 4.58 Å². The zero-order valence-electron chi connectivity index (χ0n) is 13.6. The molecule has 4 nitrogen and oxygen atoms in total. The topological polar surface area (TPSA) is 46.4 Å². The van der Waals surface area contributed by atoms with Gasteiger partial charge in [-0.3, -0.25) is 4.79 Å². The van der Waals surface area contributed by atoms with Gasteiger partial charge >= 0.3 is 11.7 Å². The summed E-state index contributed by atoms with van der Waals surface area (Å²) in [6.07, 6.45) is 0. The molecule has 24 heavy (non-hydrogen) atoms. The number of para-hydroxylation sites is 1. The minimum atomic E-state index is -0.587. The molecular formula is C19H18NO3S+. The van der Waals surface area contributed by atoms with Gasteiger partial charge in [0, 0.05) is 18.6 Å². The Morgan fingerprint density at radius 2 is 1.75 bits per heavy atom. The molecule has 0 aromatic heterocycles. The van der Waals surface area contributed by atoms with Gasteiger partial charge in [0.25, 0.3) is 5.78 Å². The van der Waals surface area contributed by atoms with Crippen molar-refractivity contribution in [3.63, 3.8) is 0 Å². The molecule has 1 atom stereocenters. The van der Waals surface area contributed by atoms with Crippen molar-refractivity contribution < 1.29 is 18.9 Å². The van der Waals surface area contributed by atoms with Gasteiger partial charge in [0.2, 0.25) is 11.1 Å². The molecule has 3 rings (SSSR count). The highest BCUT2D eigenvalue weighted by Crippen LogP contribution is 2.41. The summed E-state index contributed by atoms with van der Waals surface area (Å²) in [4.78, 5) is 26.6. The Morgan fingerprint density at radius 1 is 1.08 bits per heavy atom. The van der Waals surface area contributed by atoms with Gasteiger partial charge in [-0.25, -0.2) is 4.79 Å². The molecule has 0 spiro atoms. The van der Waals surface area contributed by atoms with Crippen LogP contribution < -0.4 is 0 Å². The van der Waals surface area contributed by atoms with Crippen LogP contribution in [-0.2, 0) is 9.53 Å². The number of hydrogen-bond acceptors (Lipinski definition) is 4. The first kappa shape index (κ1) is 16.5. The molecule has 0 saturated heterocycles. The number of carbonyl (C=O) groups excluding carboxylic acids is 2. The monoisotopic (exact) mass is 340 g/mol. The number of ketones is 1. The quantitative estimate of drug-likeness (QED) is 0.369. The first-order chi connectivity index (χ1) is 11.6. The second-order valence-electron chi connectivity index (χ2n) is 5.32. The molecule has 0 fully saturated rings. The van der Waals surface area contributed by atoms with E-state index in [2.05, 4.69) is 0 Å². The van der Waals surface area contributed by atoms with Gasteiger partial charge in [-0.05, 0) is 24.8 Å². The number of Topliss-reactive ketones (excluding diaryl/α,β-unsaturated/α-hetero) is 1. The molecule has 5 heteroatoms. The number of rotatable bonds is 4. The Kier molecular flexibility index (Phi) is 4.81. The van der Waals surface area contributed by atoms with Crippen molar-refractivity contribution in [2.45, 2.75) is 24.1 Å². The minimum absolute atomic E-state index is 0.0607. The molecule has 122 valence electrons. The Bertz CT molecular complexity index is 814. The zero-order chi connectivity index (χ0) is 17.1. The van der Waals surface area contributed by atoms with E-state index in [-0.39, 0.29) is 23.5 Å². The molecule has 1 aliphatic heterocycles. The molecule has 1 aliphatic rings. The van der Waals surface area contributed by atoms with Crippen LogP contribution in [0.2, 0.25) is 0 Å². The number of thioether (sulfide) groups is 1. The Hall–Kier alpha value is -2.40. The molecule has 2 aromatic rings. The van der Waals surface area contributed by atoms with Crippen LogP contribution in [0.15, 0.2) is 59.5 Å². The summed E-state index contributed by atoms with van der Waals surface area (Å²) in [5.74, 6) is -0.909. The van der Waals surface area contributed by atoms with Crippen molar-refractivity contribution in [3.05, 3.63) is 60.2 Å². The van der Waals surface area contributed by atoms with E-state index in [1.807, 2.05) is 37.3 Å². The van der Waals surface area contributed by atoms with Gasteiger partial charge in [-0.1, -0.05) is 42.5 Å². The Morgan fingerprint density at radius 3 is 2.46 bits per heavy atom. The fourth-order valence-electron chi connectivity index (χ4n) is 2.72. The SMILES string of the molecule is CCOC(=O)/C(C(=O)c1ccccc1)=[N+]1\c2ccccc2SC1C. The maximum Gasteiger partial charge on any atom is 0.408 e. The van der Waals surface area contributed by atoms with E-state index in [0.717, 1.165) is 10.6 Å². The molecule has 0 amide bonds. The summed E-state index contributed by atoms with van der Waals surface area (Å²) in [5, 5.41) is -0.0607. The standard InChI is InChI=1S/C19H18NO3S/c1-3-23-19(22)17(18(21)14-9-5-4-6-10-14)20-13(2)24-16-12-8-7-11-15(16)20/h4-13H,3H2,1-2H3/q+1/b20-17-. The lowest BCUT2D eigenvalue weighted by Crippen LogP contribution is -2.36. The van der Waals surface area contributed by atoms with Crippen molar-refractivity contribution in [1.82, 2.24) is 0 Å². The van der Waals surface area contributed by atoms with Crippen LogP contribution in [-0.4, -0.2) is 34.0 Å². The molecular weight excluding hydrogens is 322 g/mol. The smallest absolute Gasteiger partial charge is 0.408 e. The van der Waals surface area contributed by atoms with Crippen molar-refractivity contribution in [3.8, 4) is 0 Å². The van der Waals surface area contributed by atoms with E-state index in [0.29, 0.717) is 5.56 Å². The summed E-state index contributed by atoms with van der Waals surface area (Å²) in [7, 11) is 0. The van der Waals surface area contributed by atoms with Crippen LogP contribution in [0.5, 0.6) is 0 Å². The van der Waals surface area contributed by atoms with Crippen molar-refractivity contribution in [2.24, 2.45) is 0 Å². The number of hydrogen-bond donors (Lipinski definition) is 0. The highest BCUT2D eigenvalue weighted by atomic mass is 32.2. The Labute approximate surface area is 145 Å². The fraction of sp³-hybridized carbons (Fsp3) is 0.211. The van der Waals surface area contributed by atoms with Crippen LogP contribution in [0, 0.1) is 0 Å². The summed E-state index contributed by atoms with van der Waals surface area (Å²) in [6, 6.07) is 16.6. The van der Waals surface area contributed by atoms with Crippen LogP contribution in [0.1, 0.15) is 24.2 Å². The van der Waals surface area contributed by atoms with Crippen molar-refractivity contribution >= 4 is 34.9 Å². The van der Waals surface area contributed by atoms with Crippen LogP contribution in [0.4, 0.5) is 5.69 Å². The van der Waals surface area contributed by atoms with E-state index in [1.165, 1.54) is 0 Å². The highest BCUT2D eigenvalue weighted by Gasteiger charge is 2.42. The number of fused-ring (bicyclic) bond motifs is 1. The highest BCUT2D eigenvalue weighted by molar-refractivity contribution is 8.00. The van der Waals surface area contributed by atoms with Gasteiger partial charge in [-0.15, -0.1) is 0 Å². The third kappa shape index (κ3) is 2.99. The summed E-state index contributed by atoms with van der Waals surface area (Å²) >= 11 is 1.62. The summed E-state index contributed by atoms with van der Waals surface area (Å²) in [6.45, 7) is 3.93. The minimum Gasteiger partial charge on any atom is -0.458 e. The van der Waals surface area contributed by atoms with Crippen molar-refractivity contribution in [2.75, 3.05) is 6.61 Å². The number of benzene rings is 2. The predicted molar refractivity (Wildman–Crippen MR) is 94.1 cm³/mol. The van der Waals surface area contributed by atoms with E-state index in [9.17, 15) is 9.59 Å². The van der Waals surface area contributed by atoms with E-state index in [4.69, 9.17) is 4.74 Å². The fourth-order valence-corrected chi connectivity index (χ4v) is 3.85. The normalized spacial score (nSPS) is 18.0. The van der Waals surface area contributed by atoms with Crippen LogP contribution in [0.3, 0.4) is 0 Å². The van der Waals surface area contributed by atoms with Gasteiger partial charge in [0.15, 0.2) is 0 Å². The van der Waals surface area contributed by atoms with Gasteiger partial charge in [0.05, 0.1) is 11.5 Å². The lowest BCUT2D eigenvalue weighted by atomic mass is 10.1. The second kappa shape index (κ2) is 7.01. The van der Waals surface area contributed by atoms with E-state index in [1.54, 1.807) is 47.5 Å². The average Bonchev–Trinajstić information content (AvgIpc) is 2.92. The molecule has 0 radical (unpaired) electrons. The third-order valence-corrected chi connectivity index (χ3v) is 4.90. The van der Waals surface area contributed by atoms with E-state index >= 15 is 0 Å². The largest absolute Gasteiger partial charge is 0.458 e. The summed E-state index contributed by atoms with van der Waals surface area (Å²) < 4.78 is 6.96. The van der Waals surface area contributed by atoms with Gasteiger partial charge < -0.3 is 4.74 Å². The first-order valence-corrected chi connectivity index (χ1v) is 8.70. The number of ether oxygens (including phenoxy) is 1. The lowest BCUT2D eigenvalue weighted by Gasteiger charge is -2.08. The summed E-state index contributed by atoms with van der Waals surface area (Å²) in [5.41, 5.74) is 1.40. The first-order valence-electron chi connectivity index (χ1n) is 7.82. The van der Waals surface area contributed by atoms with Crippen molar-refractivity contribution in [1.29, 1.82) is 0 Å². The second-order valence-corrected chi connectivity index (χ2v) is 6.68. The molecule has 1 unspecified atom stereocenters. The molecule has 0 N–H and O–H groups in total. The maximum atomic E-state index is 13.0. The molecule has 0 bridgehead atoms. The van der Waals surface area contributed by atoms with Crippen LogP contribution in [0.25, 0.3) is 0 Å². The third-order valence-electron chi connectivity index (χ3n) is 3.75. The number of esters is 1. The molecule has 0 aliphatic carbocycles. The number of nitrogens with zero attached hydrogens (tertiary/aromatic N) is 1. The van der Waals surface area contributed by atoms with Gasteiger partial charge in [0.1, 0.15) is 0 Å². The molecule has 1 heterocycles. The molecule has 0 saturated carbocycles. The number of carbonyl (C=O) groups is 2. The maximum absolute atomic E-state index is 13.0. The zero-order valence-corrected chi connectivity index (χ0v) is 14.4. The predicted octanol–water partition coefficient (Wildman–Crippen LogP) is 3.67. The van der Waals surface area contributed by atoms with E-state index < -0.39 is 5.97 Å². The molecule has 2 aromatic carbocycles. The van der Waals surface area contributed by atoms with Crippen LogP contribution >= 0.6 is 11.8 Å². The Balaban J connectivity index is 2.19.